The molecule has 0 spiro atoms. The number of benzene rings is 1. The maximum absolute atomic E-state index is 13.4. The van der Waals surface area contributed by atoms with Crippen LogP contribution < -0.4 is 0 Å². The number of carbonyl (C=O) groups excluding carboxylic acids is 1. The molecular formula is C19H21FN2O2S. The van der Waals surface area contributed by atoms with Gasteiger partial charge in [0, 0.05) is 31.1 Å². The third-order valence-corrected chi connectivity index (χ3v) is 5.91. The van der Waals surface area contributed by atoms with Crippen LogP contribution in [0.2, 0.25) is 0 Å². The van der Waals surface area contributed by atoms with Crippen LogP contribution in [-0.4, -0.2) is 48.5 Å². The first kappa shape index (κ1) is 16.7. The summed E-state index contributed by atoms with van der Waals surface area (Å²) < 4.78 is 19.2. The molecule has 6 heteroatoms. The van der Waals surface area contributed by atoms with Gasteiger partial charge in [-0.15, -0.1) is 11.3 Å². The molecule has 1 atom stereocenters. The number of thiophene rings is 1. The van der Waals surface area contributed by atoms with Crippen molar-refractivity contribution >= 4 is 17.2 Å². The lowest BCUT2D eigenvalue weighted by molar-refractivity contribution is -0.135. The van der Waals surface area contributed by atoms with E-state index in [9.17, 15) is 9.18 Å². The van der Waals surface area contributed by atoms with E-state index < -0.39 is 0 Å². The van der Waals surface area contributed by atoms with Crippen molar-refractivity contribution in [1.29, 1.82) is 0 Å². The molecule has 0 radical (unpaired) electrons. The first-order chi connectivity index (χ1) is 12.2. The third-order valence-electron chi connectivity index (χ3n) is 4.89. The van der Waals surface area contributed by atoms with Crippen molar-refractivity contribution in [2.45, 2.75) is 19.1 Å². The van der Waals surface area contributed by atoms with Gasteiger partial charge >= 0.3 is 0 Å². The first-order valence-corrected chi connectivity index (χ1v) is 9.49. The second kappa shape index (κ2) is 7.23. The molecule has 4 rings (SSSR count). The minimum absolute atomic E-state index is 0.164. The minimum atomic E-state index is -0.255. The Morgan fingerprint density at radius 2 is 2.24 bits per heavy atom. The molecule has 2 aromatic rings. The van der Waals surface area contributed by atoms with Crippen molar-refractivity contribution < 1.29 is 13.9 Å². The van der Waals surface area contributed by atoms with Crippen LogP contribution in [-0.2, 0) is 22.5 Å². The van der Waals surface area contributed by atoms with Crippen LogP contribution in [0.4, 0.5) is 4.39 Å². The maximum Gasteiger partial charge on any atom is 0.237 e. The Bertz CT molecular complexity index is 763. The molecule has 1 amide bonds. The summed E-state index contributed by atoms with van der Waals surface area (Å²) in [6, 6.07) is 8.64. The molecule has 1 aromatic carbocycles. The van der Waals surface area contributed by atoms with Crippen molar-refractivity contribution in [2.24, 2.45) is 0 Å². The predicted molar refractivity (Wildman–Crippen MR) is 95.0 cm³/mol. The largest absolute Gasteiger partial charge is 0.371 e. The number of hydrogen-bond acceptors (Lipinski definition) is 4. The quantitative estimate of drug-likeness (QED) is 0.844. The molecule has 0 N–H and O–H groups in total. The molecular weight excluding hydrogens is 339 g/mol. The van der Waals surface area contributed by atoms with Crippen LogP contribution in [0.15, 0.2) is 35.7 Å². The highest BCUT2D eigenvalue weighted by Crippen LogP contribution is 2.25. The number of amides is 1. The van der Waals surface area contributed by atoms with E-state index in [4.69, 9.17) is 4.74 Å². The molecule has 1 fully saturated rings. The summed E-state index contributed by atoms with van der Waals surface area (Å²) in [4.78, 5) is 18.1. The minimum Gasteiger partial charge on any atom is -0.371 e. The molecule has 0 bridgehead atoms. The molecule has 0 saturated carbocycles. The van der Waals surface area contributed by atoms with Crippen LogP contribution >= 0.6 is 11.3 Å². The van der Waals surface area contributed by atoms with E-state index in [1.807, 2.05) is 11.0 Å². The van der Waals surface area contributed by atoms with Gasteiger partial charge in [0.25, 0.3) is 0 Å². The van der Waals surface area contributed by atoms with E-state index in [-0.39, 0.29) is 17.8 Å². The molecule has 1 aromatic heterocycles. The van der Waals surface area contributed by atoms with Gasteiger partial charge in [0.2, 0.25) is 5.91 Å². The van der Waals surface area contributed by atoms with Gasteiger partial charge < -0.3 is 9.64 Å². The number of carbonyl (C=O) groups is 1. The van der Waals surface area contributed by atoms with E-state index in [0.717, 1.165) is 31.6 Å². The average molecular weight is 360 g/mol. The van der Waals surface area contributed by atoms with E-state index >= 15 is 0 Å². The van der Waals surface area contributed by atoms with Crippen molar-refractivity contribution in [3.05, 3.63) is 57.5 Å². The Morgan fingerprint density at radius 3 is 3.12 bits per heavy atom. The zero-order valence-corrected chi connectivity index (χ0v) is 14.8. The van der Waals surface area contributed by atoms with E-state index in [2.05, 4.69) is 16.3 Å². The van der Waals surface area contributed by atoms with Crippen LogP contribution in [0, 0.1) is 5.82 Å². The summed E-state index contributed by atoms with van der Waals surface area (Å²) in [6.45, 7) is 3.82. The number of ether oxygens (including phenoxy) is 1. The van der Waals surface area contributed by atoms with Crippen molar-refractivity contribution in [1.82, 2.24) is 9.80 Å². The average Bonchev–Trinajstić information content (AvgIpc) is 3.09. The third kappa shape index (κ3) is 3.76. The lowest BCUT2D eigenvalue weighted by Crippen LogP contribution is -2.46. The Labute approximate surface area is 150 Å². The van der Waals surface area contributed by atoms with Gasteiger partial charge in [0.1, 0.15) is 5.82 Å². The zero-order valence-electron chi connectivity index (χ0n) is 14.0. The monoisotopic (exact) mass is 360 g/mol. The molecule has 132 valence electrons. The number of hydrogen-bond donors (Lipinski definition) is 0. The van der Waals surface area contributed by atoms with Crippen molar-refractivity contribution in [3.63, 3.8) is 0 Å². The molecule has 25 heavy (non-hydrogen) atoms. The number of rotatable bonds is 3. The Hall–Kier alpha value is -1.76. The van der Waals surface area contributed by atoms with Crippen LogP contribution in [0.5, 0.6) is 0 Å². The lowest BCUT2D eigenvalue weighted by atomic mass is 10.1. The van der Waals surface area contributed by atoms with E-state index in [1.54, 1.807) is 17.4 Å². The summed E-state index contributed by atoms with van der Waals surface area (Å²) in [6.07, 6.45) is 0.774. The smallest absolute Gasteiger partial charge is 0.237 e. The summed E-state index contributed by atoms with van der Waals surface area (Å²) >= 11 is 1.78. The zero-order chi connectivity index (χ0) is 17.2. The van der Waals surface area contributed by atoms with E-state index in [0.29, 0.717) is 19.7 Å². The number of fused-ring (bicyclic) bond motifs is 1. The lowest BCUT2D eigenvalue weighted by Gasteiger charge is -2.35. The topological polar surface area (TPSA) is 32.8 Å². The second-order valence-electron chi connectivity index (χ2n) is 6.58. The highest BCUT2D eigenvalue weighted by Gasteiger charge is 2.27. The predicted octanol–water partition coefficient (Wildman–Crippen LogP) is 2.85. The van der Waals surface area contributed by atoms with E-state index in [1.165, 1.54) is 22.6 Å². The fourth-order valence-corrected chi connectivity index (χ4v) is 4.40. The summed E-state index contributed by atoms with van der Waals surface area (Å²) in [5, 5.41) is 2.10. The van der Waals surface area contributed by atoms with Crippen molar-refractivity contribution in [3.8, 4) is 0 Å². The highest BCUT2D eigenvalue weighted by molar-refractivity contribution is 7.10. The van der Waals surface area contributed by atoms with Gasteiger partial charge in [-0.25, -0.2) is 4.39 Å². The maximum atomic E-state index is 13.4. The SMILES string of the molecule is O=C(CN1CCOC(c2cccc(F)c2)C1)N1CCc2sccc2C1. The van der Waals surface area contributed by atoms with Crippen molar-refractivity contribution in [2.75, 3.05) is 32.8 Å². The normalized spacial score (nSPS) is 21.2. The number of morpholine rings is 1. The van der Waals surface area contributed by atoms with Gasteiger partial charge in [-0.3, -0.25) is 9.69 Å². The summed E-state index contributed by atoms with van der Waals surface area (Å²) in [5.41, 5.74) is 2.11. The molecule has 2 aliphatic rings. The second-order valence-corrected chi connectivity index (χ2v) is 7.58. The summed E-state index contributed by atoms with van der Waals surface area (Å²) in [7, 11) is 0. The Kier molecular flexibility index (Phi) is 4.83. The Balaban J connectivity index is 1.37. The number of nitrogens with zero attached hydrogens (tertiary/aromatic N) is 2. The van der Waals surface area contributed by atoms with Crippen LogP contribution in [0.3, 0.4) is 0 Å². The first-order valence-electron chi connectivity index (χ1n) is 8.61. The molecule has 1 saturated heterocycles. The molecule has 1 unspecified atom stereocenters. The molecule has 2 aliphatic heterocycles. The fraction of sp³-hybridized carbons (Fsp3) is 0.421. The van der Waals surface area contributed by atoms with Gasteiger partial charge in [0.15, 0.2) is 0 Å². The fourth-order valence-electron chi connectivity index (χ4n) is 3.51. The highest BCUT2D eigenvalue weighted by atomic mass is 32.1. The molecule has 0 aliphatic carbocycles. The van der Waals surface area contributed by atoms with Gasteiger partial charge in [0.05, 0.1) is 19.3 Å². The van der Waals surface area contributed by atoms with Crippen LogP contribution in [0.25, 0.3) is 0 Å². The molecule has 3 heterocycles. The van der Waals surface area contributed by atoms with Crippen LogP contribution in [0.1, 0.15) is 22.1 Å². The Morgan fingerprint density at radius 1 is 1.32 bits per heavy atom. The van der Waals surface area contributed by atoms with Gasteiger partial charge in [-0.2, -0.15) is 0 Å². The van der Waals surface area contributed by atoms with Gasteiger partial charge in [-0.05, 0) is 41.1 Å². The van der Waals surface area contributed by atoms with Gasteiger partial charge in [-0.1, -0.05) is 12.1 Å². The molecule has 4 nitrogen and oxygen atoms in total. The summed E-state index contributed by atoms with van der Waals surface area (Å²) in [5.74, 6) is -0.0917. The standard InChI is InChI=1S/C19H21FN2O2S/c20-16-3-1-2-14(10-16)17-12-21(7-8-24-17)13-19(23)22-6-4-18-15(11-22)5-9-25-18/h1-3,5,9-10,17H,4,6-8,11-13H2. The number of halogens is 1.